The van der Waals surface area contributed by atoms with E-state index in [4.69, 9.17) is 4.98 Å². The molecule has 1 amide bonds. The summed E-state index contributed by atoms with van der Waals surface area (Å²) in [6.45, 7) is 6.50. The lowest BCUT2D eigenvalue weighted by atomic mass is 10.1. The Morgan fingerprint density at radius 1 is 1.06 bits per heavy atom. The number of fused-ring (bicyclic) bond motifs is 3. The van der Waals surface area contributed by atoms with Crippen molar-refractivity contribution >= 4 is 55.1 Å². The van der Waals surface area contributed by atoms with Crippen LogP contribution in [0.15, 0.2) is 70.7 Å². The van der Waals surface area contributed by atoms with Crippen LogP contribution in [0.4, 0.5) is 5.69 Å². The van der Waals surface area contributed by atoms with Crippen molar-refractivity contribution in [3.63, 3.8) is 0 Å². The average molecular weight is 515 g/mol. The molecule has 0 saturated heterocycles. The van der Waals surface area contributed by atoms with Gasteiger partial charge in [0.1, 0.15) is 9.53 Å². The van der Waals surface area contributed by atoms with Gasteiger partial charge in [0.2, 0.25) is 5.91 Å². The van der Waals surface area contributed by atoms with E-state index >= 15 is 0 Å². The van der Waals surface area contributed by atoms with Gasteiger partial charge >= 0.3 is 0 Å². The highest BCUT2D eigenvalue weighted by Crippen LogP contribution is 2.30. The van der Waals surface area contributed by atoms with E-state index in [1.807, 2.05) is 50.2 Å². The third-order valence-corrected chi connectivity index (χ3v) is 7.99. The van der Waals surface area contributed by atoms with Crippen molar-refractivity contribution in [1.29, 1.82) is 0 Å². The standard InChI is InChI=1S/C28H26N4O2S2/c1-4-19-7-9-20(10-8-19)15-32-27(34)25-24(22-6-5-11-29-26(22)36-25)31-28(32)35-16-23(33)30-21-13-17(2)12-18(3)14-21/h5-14H,4,15-16H2,1-3H3,(H,30,33). The van der Waals surface area contributed by atoms with Gasteiger partial charge in [-0.2, -0.15) is 0 Å². The number of rotatable bonds is 7. The van der Waals surface area contributed by atoms with Gasteiger partial charge in [0.05, 0.1) is 17.8 Å². The van der Waals surface area contributed by atoms with E-state index in [9.17, 15) is 9.59 Å². The van der Waals surface area contributed by atoms with Gasteiger partial charge in [0, 0.05) is 17.3 Å². The van der Waals surface area contributed by atoms with E-state index in [-0.39, 0.29) is 17.2 Å². The van der Waals surface area contributed by atoms with Gasteiger partial charge < -0.3 is 5.32 Å². The number of carbonyl (C=O) groups is 1. The SMILES string of the molecule is CCc1ccc(Cn2c(SCC(=O)Nc3cc(C)cc(C)c3)nc3c(sc4ncccc43)c2=O)cc1. The Hall–Kier alpha value is -3.49. The molecule has 5 rings (SSSR count). The van der Waals surface area contributed by atoms with Crippen molar-refractivity contribution in [2.24, 2.45) is 0 Å². The predicted octanol–water partition coefficient (Wildman–Crippen LogP) is 5.96. The number of thioether (sulfide) groups is 1. The summed E-state index contributed by atoms with van der Waals surface area (Å²) in [5.41, 5.74) is 5.73. The maximum atomic E-state index is 13.6. The number of nitrogens with one attached hydrogen (secondary N) is 1. The molecule has 0 aliphatic carbocycles. The van der Waals surface area contributed by atoms with E-state index in [0.29, 0.717) is 21.9 Å². The zero-order valence-electron chi connectivity index (χ0n) is 20.4. The summed E-state index contributed by atoms with van der Waals surface area (Å²) in [5.74, 6) is -0.00457. The first kappa shape index (κ1) is 24.2. The second kappa shape index (κ2) is 10.2. The maximum absolute atomic E-state index is 13.6. The number of hydrogen-bond acceptors (Lipinski definition) is 6. The fourth-order valence-corrected chi connectivity index (χ4v) is 6.05. The topological polar surface area (TPSA) is 76.9 Å². The number of aromatic nitrogens is 3. The summed E-state index contributed by atoms with van der Waals surface area (Å²) < 4.78 is 2.26. The van der Waals surface area contributed by atoms with E-state index in [0.717, 1.165) is 39.0 Å². The molecule has 182 valence electrons. The summed E-state index contributed by atoms with van der Waals surface area (Å²) in [6.07, 6.45) is 2.68. The zero-order valence-corrected chi connectivity index (χ0v) is 22.0. The fourth-order valence-electron chi connectivity index (χ4n) is 4.23. The van der Waals surface area contributed by atoms with Crippen molar-refractivity contribution in [2.75, 3.05) is 11.1 Å². The van der Waals surface area contributed by atoms with Crippen LogP contribution in [0.25, 0.3) is 20.4 Å². The lowest BCUT2D eigenvalue weighted by Crippen LogP contribution is -2.24. The first-order chi connectivity index (χ1) is 17.4. The number of benzene rings is 2. The van der Waals surface area contributed by atoms with Crippen LogP contribution in [0, 0.1) is 13.8 Å². The average Bonchev–Trinajstić information content (AvgIpc) is 3.23. The van der Waals surface area contributed by atoms with Crippen LogP contribution in [0.5, 0.6) is 0 Å². The minimum absolute atomic E-state index is 0.111. The Balaban J connectivity index is 1.49. The molecule has 3 heterocycles. The van der Waals surface area contributed by atoms with Crippen LogP contribution in [0.3, 0.4) is 0 Å². The third kappa shape index (κ3) is 5.05. The molecule has 0 fully saturated rings. The number of pyridine rings is 1. The molecular formula is C28H26N4O2S2. The highest BCUT2D eigenvalue weighted by atomic mass is 32.2. The number of amides is 1. The van der Waals surface area contributed by atoms with Gasteiger partial charge in [-0.1, -0.05) is 49.0 Å². The summed E-state index contributed by atoms with van der Waals surface area (Å²) >= 11 is 2.64. The largest absolute Gasteiger partial charge is 0.325 e. The molecule has 5 aromatic rings. The van der Waals surface area contributed by atoms with Gasteiger partial charge in [0.15, 0.2) is 5.16 Å². The molecule has 6 nitrogen and oxygen atoms in total. The lowest BCUT2D eigenvalue weighted by Gasteiger charge is -2.13. The number of thiophene rings is 1. The molecular weight excluding hydrogens is 488 g/mol. The molecule has 3 aromatic heterocycles. The van der Waals surface area contributed by atoms with Gasteiger partial charge in [-0.25, -0.2) is 9.97 Å². The zero-order chi connectivity index (χ0) is 25.2. The molecule has 8 heteroatoms. The highest BCUT2D eigenvalue weighted by Gasteiger charge is 2.18. The monoisotopic (exact) mass is 514 g/mol. The Morgan fingerprint density at radius 3 is 2.50 bits per heavy atom. The van der Waals surface area contributed by atoms with Crippen LogP contribution in [0.2, 0.25) is 0 Å². The second-order valence-electron chi connectivity index (χ2n) is 8.80. The summed E-state index contributed by atoms with van der Waals surface area (Å²) in [4.78, 5) is 36.5. The molecule has 0 bridgehead atoms. The van der Waals surface area contributed by atoms with Gasteiger partial charge in [-0.15, -0.1) is 11.3 Å². The van der Waals surface area contributed by atoms with E-state index < -0.39 is 0 Å². The maximum Gasteiger partial charge on any atom is 0.272 e. The fraction of sp³-hybridized carbons (Fsp3) is 0.214. The Bertz CT molecular complexity index is 1620. The molecule has 0 radical (unpaired) electrons. The molecule has 0 aliphatic heterocycles. The van der Waals surface area contributed by atoms with Crippen LogP contribution >= 0.6 is 23.1 Å². The van der Waals surface area contributed by atoms with Gasteiger partial charge in [-0.05, 0) is 66.8 Å². The first-order valence-corrected chi connectivity index (χ1v) is 13.6. The Kier molecular flexibility index (Phi) is 6.89. The van der Waals surface area contributed by atoms with E-state index in [1.54, 1.807) is 10.8 Å². The molecule has 0 atom stereocenters. The molecule has 0 saturated carbocycles. The number of hydrogen-bond donors (Lipinski definition) is 1. The van der Waals surface area contributed by atoms with Crippen molar-refractivity contribution in [3.8, 4) is 0 Å². The highest BCUT2D eigenvalue weighted by molar-refractivity contribution is 7.99. The van der Waals surface area contributed by atoms with Gasteiger partial charge in [-0.3, -0.25) is 14.2 Å². The van der Waals surface area contributed by atoms with Gasteiger partial charge in [0.25, 0.3) is 5.56 Å². The lowest BCUT2D eigenvalue weighted by molar-refractivity contribution is -0.113. The molecule has 36 heavy (non-hydrogen) atoms. The number of nitrogens with zero attached hydrogens (tertiary/aromatic N) is 3. The molecule has 0 spiro atoms. The summed E-state index contributed by atoms with van der Waals surface area (Å²) in [5, 5.41) is 4.35. The first-order valence-electron chi connectivity index (χ1n) is 11.8. The predicted molar refractivity (Wildman–Crippen MR) is 149 cm³/mol. The van der Waals surface area contributed by atoms with Crippen LogP contribution in [0.1, 0.15) is 29.2 Å². The summed E-state index contributed by atoms with van der Waals surface area (Å²) in [7, 11) is 0. The van der Waals surface area contributed by atoms with Crippen molar-refractivity contribution in [1.82, 2.24) is 14.5 Å². The van der Waals surface area contributed by atoms with Crippen molar-refractivity contribution in [2.45, 2.75) is 38.9 Å². The quantitative estimate of drug-likeness (QED) is 0.214. The van der Waals surface area contributed by atoms with Crippen LogP contribution in [-0.2, 0) is 17.8 Å². The molecule has 0 aliphatic rings. The normalized spacial score (nSPS) is 11.3. The van der Waals surface area contributed by atoms with E-state index in [2.05, 4.69) is 35.4 Å². The summed E-state index contributed by atoms with van der Waals surface area (Å²) in [6, 6.07) is 18.0. The number of carbonyl (C=O) groups excluding carboxylic acids is 1. The molecule has 0 unspecified atom stereocenters. The molecule has 1 N–H and O–H groups in total. The Morgan fingerprint density at radius 2 is 1.78 bits per heavy atom. The van der Waals surface area contributed by atoms with Crippen LogP contribution < -0.4 is 10.9 Å². The van der Waals surface area contributed by atoms with E-state index in [1.165, 1.54) is 28.7 Å². The Labute approximate surface area is 217 Å². The van der Waals surface area contributed by atoms with Crippen molar-refractivity contribution < 1.29 is 4.79 Å². The third-order valence-electron chi connectivity index (χ3n) is 5.93. The van der Waals surface area contributed by atoms with Crippen LogP contribution in [-0.4, -0.2) is 26.2 Å². The second-order valence-corrected chi connectivity index (χ2v) is 10.7. The smallest absolute Gasteiger partial charge is 0.272 e. The van der Waals surface area contributed by atoms with Crippen molar-refractivity contribution in [3.05, 3.63) is 93.4 Å². The number of aryl methyl sites for hydroxylation is 3. The minimum atomic E-state index is -0.143. The number of anilines is 1. The molecule has 2 aromatic carbocycles. The minimum Gasteiger partial charge on any atom is -0.325 e.